The van der Waals surface area contributed by atoms with Gasteiger partial charge in [0.15, 0.2) is 0 Å². The van der Waals surface area contributed by atoms with E-state index in [0.717, 1.165) is 34.9 Å². The lowest BCUT2D eigenvalue weighted by Gasteiger charge is -2.24. The monoisotopic (exact) mass is 388 g/mol. The van der Waals surface area contributed by atoms with E-state index in [9.17, 15) is 9.59 Å². The van der Waals surface area contributed by atoms with Crippen molar-refractivity contribution in [3.05, 3.63) is 35.3 Å². The number of aromatic nitrogens is 1. The highest BCUT2D eigenvalue weighted by Crippen LogP contribution is 2.29. The van der Waals surface area contributed by atoms with Crippen LogP contribution in [0.4, 0.5) is 0 Å². The van der Waals surface area contributed by atoms with Gasteiger partial charge in [0.2, 0.25) is 5.91 Å². The van der Waals surface area contributed by atoms with Gasteiger partial charge in [0.1, 0.15) is 10.8 Å². The average Bonchev–Trinajstić information content (AvgIpc) is 3.38. The molecule has 1 heterocycles. The van der Waals surface area contributed by atoms with Gasteiger partial charge >= 0.3 is 5.97 Å². The van der Waals surface area contributed by atoms with E-state index in [4.69, 9.17) is 9.84 Å². The van der Waals surface area contributed by atoms with E-state index >= 15 is 0 Å². The minimum Gasteiger partial charge on any atom is -0.494 e. The number of carboxylic acid groups (broad SMARTS) is 1. The Balaban J connectivity index is 1.65. The van der Waals surface area contributed by atoms with Crippen LogP contribution in [0.2, 0.25) is 0 Å². The van der Waals surface area contributed by atoms with Crippen LogP contribution in [0.5, 0.6) is 5.75 Å². The number of rotatable bonds is 9. The fourth-order valence-corrected chi connectivity index (χ4v) is 3.68. The van der Waals surface area contributed by atoms with Crippen molar-refractivity contribution in [1.29, 1.82) is 0 Å². The van der Waals surface area contributed by atoms with E-state index in [1.807, 2.05) is 36.6 Å². The second kappa shape index (κ2) is 8.52. The van der Waals surface area contributed by atoms with Crippen LogP contribution < -0.4 is 4.74 Å². The zero-order valence-electron chi connectivity index (χ0n) is 15.6. The third-order valence-corrected chi connectivity index (χ3v) is 5.44. The Kier molecular flexibility index (Phi) is 6.11. The highest BCUT2D eigenvalue weighted by molar-refractivity contribution is 7.13. The molecule has 3 rings (SSSR count). The Labute approximate surface area is 162 Å². The smallest absolute Gasteiger partial charge is 0.308 e. The number of carbonyl (C=O) groups is 2. The van der Waals surface area contributed by atoms with E-state index in [-0.39, 0.29) is 24.9 Å². The van der Waals surface area contributed by atoms with E-state index in [1.54, 1.807) is 11.8 Å². The third-order valence-electron chi connectivity index (χ3n) is 4.50. The van der Waals surface area contributed by atoms with Crippen molar-refractivity contribution in [1.82, 2.24) is 9.88 Å². The number of amides is 1. The SMILES string of the molecule is CCOc1ccc(-c2nc(CC(=O)N(CC(C)C(=O)O)C3CC3)cs2)cc1. The molecular formula is C20H24N2O4S. The molecule has 1 amide bonds. The van der Waals surface area contributed by atoms with Gasteiger partial charge in [-0.3, -0.25) is 9.59 Å². The highest BCUT2D eigenvalue weighted by atomic mass is 32.1. The average molecular weight is 388 g/mol. The number of hydrogen-bond donors (Lipinski definition) is 1. The number of aliphatic carboxylic acids is 1. The number of carboxylic acids is 1. The molecule has 27 heavy (non-hydrogen) atoms. The molecule has 0 radical (unpaired) electrons. The molecule has 1 N–H and O–H groups in total. The molecule has 1 atom stereocenters. The Morgan fingerprint density at radius 3 is 2.63 bits per heavy atom. The van der Waals surface area contributed by atoms with Crippen LogP contribution in [0.3, 0.4) is 0 Å². The second-order valence-corrected chi connectivity index (χ2v) is 7.65. The van der Waals surface area contributed by atoms with Gasteiger partial charge in [-0.25, -0.2) is 4.98 Å². The maximum atomic E-state index is 12.7. The van der Waals surface area contributed by atoms with Gasteiger partial charge < -0.3 is 14.7 Å². The van der Waals surface area contributed by atoms with Crippen molar-refractivity contribution in [2.45, 2.75) is 39.2 Å². The standard InChI is InChI=1S/C20H24N2O4S/c1-3-26-17-8-4-14(5-9-17)19-21-15(12-27-19)10-18(23)22(16-6-7-16)11-13(2)20(24)25/h4-5,8-9,12-13,16H,3,6-7,10-11H2,1-2H3,(H,24,25). The van der Waals surface area contributed by atoms with Crippen LogP contribution in [-0.2, 0) is 16.0 Å². The minimum absolute atomic E-state index is 0.0471. The molecule has 144 valence electrons. The summed E-state index contributed by atoms with van der Waals surface area (Å²) in [4.78, 5) is 30.1. The normalized spacial score (nSPS) is 14.6. The van der Waals surface area contributed by atoms with Crippen molar-refractivity contribution in [3.63, 3.8) is 0 Å². The lowest BCUT2D eigenvalue weighted by molar-refractivity contribution is -0.143. The van der Waals surface area contributed by atoms with Crippen molar-refractivity contribution in [3.8, 4) is 16.3 Å². The zero-order chi connectivity index (χ0) is 19.4. The third kappa shape index (κ3) is 5.07. The number of ether oxygens (including phenoxy) is 1. The van der Waals surface area contributed by atoms with Gasteiger partial charge in [0.05, 0.1) is 24.6 Å². The molecule has 1 aliphatic rings. The van der Waals surface area contributed by atoms with Crippen LogP contribution in [0.1, 0.15) is 32.4 Å². The molecule has 1 aromatic carbocycles. The molecule has 0 aliphatic heterocycles. The maximum absolute atomic E-state index is 12.7. The van der Waals surface area contributed by atoms with Gasteiger partial charge in [-0.15, -0.1) is 11.3 Å². The number of thiazole rings is 1. The number of nitrogens with zero attached hydrogens (tertiary/aromatic N) is 2. The molecule has 6 nitrogen and oxygen atoms in total. The van der Waals surface area contributed by atoms with Crippen molar-refractivity contribution in [2.75, 3.05) is 13.2 Å². The van der Waals surface area contributed by atoms with Crippen molar-refractivity contribution < 1.29 is 19.4 Å². The topological polar surface area (TPSA) is 79.7 Å². The molecule has 1 unspecified atom stereocenters. The molecular weight excluding hydrogens is 364 g/mol. The van der Waals surface area contributed by atoms with Crippen molar-refractivity contribution in [2.24, 2.45) is 5.92 Å². The van der Waals surface area contributed by atoms with Gasteiger partial charge in [0, 0.05) is 23.5 Å². The molecule has 1 aromatic heterocycles. The van der Waals surface area contributed by atoms with Crippen LogP contribution in [0, 0.1) is 5.92 Å². The Morgan fingerprint density at radius 1 is 1.33 bits per heavy atom. The first-order valence-electron chi connectivity index (χ1n) is 9.17. The Hall–Kier alpha value is -2.41. The van der Waals surface area contributed by atoms with Crippen LogP contribution in [0.25, 0.3) is 10.6 Å². The zero-order valence-corrected chi connectivity index (χ0v) is 16.4. The number of hydrogen-bond acceptors (Lipinski definition) is 5. The van der Waals surface area contributed by atoms with Crippen LogP contribution in [0.15, 0.2) is 29.6 Å². The number of carbonyl (C=O) groups excluding carboxylic acids is 1. The molecule has 0 saturated heterocycles. The summed E-state index contributed by atoms with van der Waals surface area (Å²) in [6.45, 7) is 4.47. The van der Waals surface area contributed by atoms with E-state index in [0.29, 0.717) is 6.61 Å². The van der Waals surface area contributed by atoms with Crippen molar-refractivity contribution >= 4 is 23.2 Å². The number of benzene rings is 1. The summed E-state index contributed by atoms with van der Waals surface area (Å²) in [6, 6.07) is 7.92. The molecule has 0 spiro atoms. The molecule has 7 heteroatoms. The summed E-state index contributed by atoms with van der Waals surface area (Å²) in [7, 11) is 0. The first-order valence-corrected chi connectivity index (χ1v) is 10.1. The van der Waals surface area contributed by atoms with Crippen LogP contribution in [-0.4, -0.2) is 46.1 Å². The first-order chi connectivity index (χ1) is 13.0. The van der Waals surface area contributed by atoms with Crippen LogP contribution >= 0.6 is 11.3 Å². The van der Waals surface area contributed by atoms with Gasteiger partial charge in [-0.2, -0.15) is 0 Å². The first kappa shape index (κ1) is 19.4. The summed E-state index contributed by atoms with van der Waals surface area (Å²) < 4.78 is 5.45. The van der Waals surface area contributed by atoms with Gasteiger partial charge in [-0.05, 0) is 44.0 Å². The summed E-state index contributed by atoms with van der Waals surface area (Å²) in [5.41, 5.74) is 1.71. The molecule has 2 aromatic rings. The molecule has 1 saturated carbocycles. The van der Waals surface area contributed by atoms with E-state index in [2.05, 4.69) is 4.98 Å². The lowest BCUT2D eigenvalue weighted by atomic mass is 10.1. The minimum atomic E-state index is -0.875. The quantitative estimate of drug-likeness (QED) is 0.712. The predicted molar refractivity (Wildman–Crippen MR) is 104 cm³/mol. The van der Waals surface area contributed by atoms with E-state index < -0.39 is 11.9 Å². The fraction of sp³-hybridized carbons (Fsp3) is 0.450. The summed E-state index contributed by atoms with van der Waals surface area (Å²) in [5.74, 6) is -0.667. The Bertz CT molecular complexity index is 799. The molecule has 1 aliphatic carbocycles. The highest BCUT2D eigenvalue weighted by Gasteiger charge is 2.34. The molecule has 1 fully saturated rings. The molecule has 0 bridgehead atoms. The van der Waals surface area contributed by atoms with Gasteiger partial charge in [-0.1, -0.05) is 6.92 Å². The van der Waals surface area contributed by atoms with E-state index in [1.165, 1.54) is 11.3 Å². The Morgan fingerprint density at radius 2 is 2.04 bits per heavy atom. The predicted octanol–water partition coefficient (Wildman–Crippen LogP) is 3.46. The second-order valence-electron chi connectivity index (χ2n) is 6.79. The summed E-state index contributed by atoms with van der Waals surface area (Å²) in [5, 5.41) is 11.9. The lowest BCUT2D eigenvalue weighted by Crippen LogP contribution is -2.39. The van der Waals surface area contributed by atoms with Gasteiger partial charge in [0.25, 0.3) is 0 Å². The fourth-order valence-electron chi connectivity index (χ4n) is 2.85. The maximum Gasteiger partial charge on any atom is 0.308 e. The largest absolute Gasteiger partial charge is 0.494 e. The summed E-state index contributed by atoms with van der Waals surface area (Å²) >= 11 is 1.50. The summed E-state index contributed by atoms with van der Waals surface area (Å²) in [6.07, 6.45) is 2.11.